The van der Waals surface area contributed by atoms with Gasteiger partial charge in [-0.05, 0) is 30.3 Å². The van der Waals surface area contributed by atoms with Crippen LogP contribution in [-0.4, -0.2) is 27.0 Å². The summed E-state index contributed by atoms with van der Waals surface area (Å²) in [6.45, 7) is 1.13. The first-order chi connectivity index (χ1) is 11.3. The second-order valence-corrected chi connectivity index (χ2v) is 4.83. The number of nitrogens with zero attached hydrogens (tertiary/aromatic N) is 3. The summed E-state index contributed by atoms with van der Waals surface area (Å²) in [7, 11) is 0. The minimum Gasteiger partial charge on any atom is -0.465 e. The molecule has 0 aromatic carbocycles. The first-order valence-corrected chi connectivity index (χ1v) is 7.24. The van der Waals surface area contributed by atoms with Crippen molar-refractivity contribution >= 4 is 12.0 Å². The van der Waals surface area contributed by atoms with Crippen molar-refractivity contribution in [1.29, 1.82) is 0 Å². The van der Waals surface area contributed by atoms with Crippen molar-refractivity contribution in [2.24, 2.45) is 0 Å². The van der Waals surface area contributed by atoms with Gasteiger partial charge in [0.15, 0.2) is 0 Å². The van der Waals surface area contributed by atoms with Crippen LogP contribution in [0.1, 0.15) is 5.76 Å². The lowest BCUT2D eigenvalue weighted by molar-refractivity contribution is -0.116. The third-order valence-corrected chi connectivity index (χ3v) is 3.23. The van der Waals surface area contributed by atoms with Gasteiger partial charge in [0.1, 0.15) is 11.6 Å². The molecule has 1 amide bonds. The summed E-state index contributed by atoms with van der Waals surface area (Å²) in [5.41, 5.74) is 0.946. The Morgan fingerprint density at radius 1 is 1.30 bits per heavy atom. The van der Waals surface area contributed by atoms with E-state index in [1.807, 2.05) is 22.9 Å². The minimum atomic E-state index is -0.163. The number of amides is 1. The molecule has 0 aliphatic heterocycles. The van der Waals surface area contributed by atoms with E-state index in [0.29, 0.717) is 18.8 Å². The van der Waals surface area contributed by atoms with Crippen LogP contribution < -0.4 is 5.32 Å². The quantitative estimate of drug-likeness (QED) is 0.710. The lowest BCUT2D eigenvalue weighted by Crippen LogP contribution is -2.25. The van der Waals surface area contributed by atoms with E-state index < -0.39 is 0 Å². The number of hydrogen-bond donors (Lipinski definition) is 1. The highest BCUT2D eigenvalue weighted by atomic mass is 16.3. The predicted molar refractivity (Wildman–Crippen MR) is 86.2 cm³/mol. The van der Waals surface area contributed by atoms with E-state index in [1.54, 1.807) is 43.1 Å². The molecule has 0 fully saturated rings. The third-order valence-electron chi connectivity index (χ3n) is 3.23. The molecule has 116 valence electrons. The van der Waals surface area contributed by atoms with Crippen LogP contribution in [0.3, 0.4) is 0 Å². The van der Waals surface area contributed by atoms with Crippen molar-refractivity contribution < 1.29 is 9.21 Å². The summed E-state index contributed by atoms with van der Waals surface area (Å²) in [5, 5.41) is 2.83. The van der Waals surface area contributed by atoms with E-state index in [0.717, 1.165) is 11.4 Å². The van der Waals surface area contributed by atoms with Crippen LogP contribution in [0.25, 0.3) is 17.5 Å². The SMILES string of the molecule is O=C(C=Cc1ccco1)NCCn1ccnc1-c1cccnc1. The Bertz CT molecular complexity index is 776. The van der Waals surface area contributed by atoms with E-state index in [-0.39, 0.29) is 5.91 Å². The Labute approximate surface area is 133 Å². The van der Waals surface area contributed by atoms with Crippen molar-refractivity contribution in [2.45, 2.75) is 6.54 Å². The van der Waals surface area contributed by atoms with E-state index >= 15 is 0 Å². The molecular formula is C17H16N4O2. The molecule has 0 unspecified atom stereocenters. The van der Waals surface area contributed by atoms with E-state index in [4.69, 9.17) is 4.42 Å². The van der Waals surface area contributed by atoms with Gasteiger partial charge in [0.25, 0.3) is 0 Å². The minimum absolute atomic E-state index is 0.163. The molecule has 0 spiro atoms. The summed E-state index contributed by atoms with van der Waals surface area (Å²) in [5.74, 6) is 1.32. The average Bonchev–Trinajstić information content (AvgIpc) is 3.25. The molecule has 6 nitrogen and oxygen atoms in total. The molecule has 3 aromatic heterocycles. The fourth-order valence-corrected chi connectivity index (χ4v) is 2.15. The van der Waals surface area contributed by atoms with E-state index in [1.165, 1.54) is 6.08 Å². The Balaban J connectivity index is 1.54. The Hall–Kier alpha value is -3.15. The fraction of sp³-hybridized carbons (Fsp3) is 0.118. The number of carbonyl (C=O) groups is 1. The van der Waals surface area contributed by atoms with E-state index in [2.05, 4.69) is 15.3 Å². The molecule has 0 radical (unpaired) electrons. The van der Waals surface area contributed by atoms with Crippen molar-refractivity contribution in [1.82, 2.24) is 19.9 Å². The zero-order valence-corrected chi connectivity index (χ0v) is 12.4. The molecule has 0 bridgehead atoms. The standard InChI is InChI=1S/C17H16N4O2/c22-16(6-5-15-4-2-12-23-15)19-8-10-21-11-9-20-17(21)14-3-1-7-18-13-14/h1-7,9,11-13H,8,10H2,(H,19,22). The van der Waals surface area contributed by atoms with Gasteiger partial charge in [-0.25, -0.2) is 4.98 Å². The summed E-state index contributed by atoms with van der Waals surface area (Å²) >= 11 is 0. The van der Waals surface area contributed by atoms with Crippen molar-refractivity contribution in [2.75, 3.05) is 6.54 Å². The topological polar surface area (TPSA) is 73.0 Å². The maximum Gasteiger partial charge on any atom is 0.244 e. The molecule has 6 heteroatoms. The summed E-state index contributed by atoms with van der Waals surface area (Å²) in [6, 6.07) is 7.39. The van der Waals surface area contributed by atoms with Crippen LogP contribution in [0.5, 0.6) is 0 Å². The zero-order valence-electron chi connectivity index (χ0n) is 12.4. The van der Waals surface area contributed by atoms with Gasteiger partial charge < -0.3 is 14.3 Å². The van der Waals surface area contributed by atoms with Crippen molar-refractivity contribution in [3.05, 3.63) is 67.2 Å². The molecule has 3 rings (SSSR count). The lowest BCUT2D eigenvalue weighted by Gasteiger charge is -2.08. The maximum absolute atomic E-state index is 11.7. The monoisotopic (exact) mass is 308 g/mol. The normalized spacial score (nSPS) is 11.0. The van der Waals surface area contributed by atoms with Crippen LogP contribution in [0.4, 0.5) is 0 Å². The van der Waals surface area contributed by atoms with Crippen LogP contribution >= 0.6 is 0 Å². The lowest BCUT2D eigenvalue weighted by atomic mass is 10.3. The first-order valence-electron chi connectivity index (χ1n) is 7.24. The number of hydrogen-bond acceptors (Lipinski definition) is 4. The number of furan rings is 1. The van der Waals surface area contributed by atoms with Crippen LogP contribution in [-0.2, 0) is 11.3 Å². The highest BCUT2D eigenvalue weighted by Gasteiger charge is 2.05. The molecule has 1 N–H and O–H groups in total. The number of imidazole rings is 1. The van der Waals surface area contributed by atoms with Gasteiger partial charge in [-0.2, -0.15) is 0 Å². The van der Waals surface area contributed by atoms with Crippen molar-refractivity contribution in [3.63, 3.8) is 0 Å². The van der Waals surface area contributed by atoms with Crippen LogP contribution in [0.2, 0.25) is 0 Å². The Morgan fingerprint density at radius 2 is 2.26 bits per heavy atom. The van der Waals surface area contributed by atoms with Gasteiger partial charge in [0, 0.05) is 49.5 Å². The molecule has 0 saturated heterocycles. The second kappa shape index (κ2) is 7.22. The van der Waals surface area contributed by atoms with Gasteiger partial charge in [-0.1, -0.05) is 0 Å². The van der Waals surface area contributed by atoms with E-state index in [9.17, 15) is 4.79 Å². The zero-order chi connectivity index (χ0) is 15.9. The Morgan fingerprint density at radius 3 is 3.04 bits per heavy atom. The fourth-order valence-electron chi connectivity index (χ4n) is 2.15. The molecule has 0 aliphatic carbocycles. The summed E-state index contributed by atoms with van der Waals surface area (Å²) in [6.07, 6.45) is 11.8. The van der Waals surface area contributed by atoms with Gasteiger partial charge in [-0.3, -0.25) is 9.78 Å². The summed E-state index contributed by atoms with van der Waals surface area (Å²) < 4.78 is 7.11. The van der Waals surface area contributed by atoms with Crippen LogP contribution in [0.15, 0.2) is 65.8 Å². The number of carbonyl (C=O) groups excluding carboxylic acids is 1. The van der Waals surface area contributed by atoms with Gasteiger partial charge in [-0.15, -0.1) is 0 Å². The molecule has 0 saturated carbocycles. The third kappa shape index (κ3) is 3.94. The molecular weight excluding hydrogens is 292 g/mol. The molecule has 0 aliphatic rings. The molecule has 3 heterocycles. The number of pyridine rings is 1. The summed E-state index contributed by atoms with van der Waals surface area (Å²) in [4.78, 5) is 20.2. The average molecular weight is 308 g/mol. The van der Waals surface area contributed by atoms with Crippen molar-refractivity contribution in [3.8, 4) is 11.4 Å². The van der Waals surface area contributed by atoms with Gasteiger partial charge in [0.2, 0.25) is 5.91 Å². The highest BCUT2D eigenvalue weighted by Crippen LogP contribution is 2.15. The molecule has 3 aromatic rings. The highest BCUT2D eigenvalue weighted by molar-refractivity contribution is 5.91. The number of nitrogens with one attached hydrogen (secondary N) is 1. The largest absolute Gasteiger partial charge is 0.465 e. The first kappa shape index (κ1) is 14.8. The number of aromatic nitrogens is 3. The van der Waals surface area contributed by atoms with Gasteiger partial charge >= 0.3 is 0 Å². The van der Waals surface area contributed by atoms with Gasteiger partial charge in [0.05, 0.1) is 6.26 Å². The Kier molecular flexibility index (Phi) is 4.63. The predicted octanol–water partition coefficient (Wildman–Crippen LogP) is 2.37. The number of rotatable bonds is 6. The molecule has 0 atom stereocenters. The van der Waals surface area contributed by atoms with Crippen LogP contribution in [0, 0.1) is 0 Å². The second-order valence-electron chi connectivity index (χ2n) is 4.83. The smallest absolute Gasteiger partial charge is 0.244 e. The maximum atomic E-state index is 11.7. The molecule has 23 heavy (non-hydrogen) atoms.